The highest BCUT2D eigenvalue weighted by molar-refractivity contribution is 9.10. The van der Waals surface area contributed by atoms with E-state index in [0.717, 1.165) is 12.1 Å². The number of nitrogens with one attached hydrogen (secondary N) is 1. The molecule has 22 heavy (non-hydrogen) atoms. The van der Waals surface area contributed by atoms with Crippen LogP contribution in [0.5, 0.6) is 5.75 Å². The van der Waals surface area contributed by atoms with Gasteiger partial charge in [-0.3, -0.25) is 4.79 Å². The number of carbonyl (C=O) groups excluding carboxylic acids is 1. The third-order valence-corrected chi connectivity index (χ3v) is 3.74. The Morgan fingerprint density at radius 3 is 2.32 bits per heavy atom. The van der Waals surface area contributed by atoms with Crippen LogP contribution >= 0.6 is 27.5 Å². The molecular formula is C14H8BrClF3NO2. The first-order valence-electron chi connectivity index (χ1n) is 5.87. The summed E-state index contributed by atoms with van der Waals surface area (Å²) in [5, 5.41) is 3.02. The number of alkyl halides is 3. The number of hydrogen-bond acceptors (Lipinski definition) is 2. The second-order valence-corrected chi connectivity index (χ2v) is 5.42. The third-order valence-electron chi connectivity index (χ3n) is 2.53. The number of hydrogen-bond donors (Lipinski definition) is 1. The van der Waals surface area contributed by atoms with Gasteiger partial charge in [0.2, 0.25) is 0 Å². The molecule has 0 bridgehead atoms. The molecule has 116 valence electrons. The molecule has 0 aliphatic rings. The van der Waals surface area contributed by atoms with Crippen molar-refractivity contribution in [2.75, 3.05) is 5.32 Å². The van der Waals surface area contributed by atoms with Gasteiger partial charge in [0.1, 0.15) is 5.75 Å². The molecule has 3 nitrogen and oxygen atoms in total. The summed E-state index contributed by atoms with van der Waals surface area (Å²) in [7, 11) is 0. The maximum atomic E-state index is 12.0. The van der Waals surface area contributed by atoms with Gasteiger partial charge in [-0.1, -0.05) is 11.6 Å². The van der Waals surface area contributed by atoms with Gasteiger partial charge in [0, 0.05) is 15.7 Å². The second kappa shape index (κ2) is 6.58. The molecule has 0 spiro atoms. The van der Waals surface area contributed by atoms with E-state index in [4.69, 9.17) is 11.6 Å². The lowest BCUT2D eigenvalue weighted by Gasteiger charge is -2.10. The number of ether oxygens (including phenoxy) is 1. The summed E-state index contributed by atoms with van der Waals surface area (Å²) in [6, 6.07) is 9.47. The van der Waals surface area contributed by atoms with Crippen molar-refractivity contribution in [3.05, 3.63) is 57.5 Å². The first-order chi connectivity index (χ1) is 10.2. The van der Waals surface area contributed by atoms with Gasteiger partial charge in [0.15, 0.2) is 0 Å². The number of carbonyl (C=O) groups is 1. The quantitative estimate of drug-likeness (QED) is 0.772. The molecule has 8 heteroatoms. The molecule has 0 aliphatic heterocycles. The molecule has 0 saturated heterocycles. The maximum absolute atomic E-state index is 12.0. The highest BCUT2D eigenvalue weighted by atomic mass is 79.9. The van der Waals surface area contributed by atoms with Crippen LogP contribution in [-0.2, 0) is 0 Å². The molecule has 0 aromatic heterocycles. The lowest BCUT2D eigenvalue weighted by atomic mass is 10.2. The van der Waals surface area contributed by atoms with Crippen molar-refractivity contribution in [2.24, 2.45) is 0 Å². The van der Waals surface area contributed by atoms with Crippen LogP contribution in [0.1, 0.15) is 10.4 Å². The number of halogens is 5. The maximum Gasteiger partial charge on any atom is 0.573 e. The fourth-order valence-corrected chi connectivity index (χ4v) is 2.08. The summed E-state index contributed by atoms with van der Waals surface area (Å²) in [4.78, 5) is 12.0. The largest absolute Gasteiger partial charge is 0.573 e. The SMILES string of the molecule is O=C(Nc1ccc(OC(F)(F)F)cc1)c1ccc(Cl)c(Br)c1. The lowest BCUT2D eigenvalue weighted by Crippen LogP contribution is -2.17. The molecule has 1 N–H and O–H groups in total. The van der Waals surface area contributed by atoms with Gasteiger partial charge in [0.05, 0.1) is 5.02 Å². The summed E-state index contributed by atoms with van der Waals surface area (Å²) in [6.45, 7) is 0. The van der Waals surface area contributed by atoms with Gasteiger partial charge in [-0.15, -0.1) is 13.2 Å². The normalized spacial score (nSPS) is 11.1. The number of rotatable bonds is 3. The van der Waals surface area contributed by atoms with Crippen molar-refractivity contribution in [3.8, 4) is 5.75 Å². The highest BCUT2D eigenvalue weighted by Gasteiger charge is 2.30. The van der Waals surface area contributed by atoms with Crippen LogP contribution in [0.2, 0.25) is 5.02 Å². The van der Waals surface area contributed by atoms with E-state index >= 15 is 0 Å². The molecule has 0 aliphatic carbocycles. The Morgan fingerprint density at radius 1 is 1.14 bits per heavy atom. The lowest BCUT2D eigenvalue weighted by molar-refractivity contribution is -0.274. The highest BCUT2D eigenvalue weighted by Crippen LogP contribution is 2.25. The summed E-state index contributed by atoms with van der Waals surface area (Å²) >= 11 is 9.03. The van der Waals surface area contributed by atoms with Gasteiger partial charge in [-0.05, 0) is 58.4 Å². The zero-order chi connectivity index (χ0) is 16.3. The fourth-order valence-electron chi connectivity index (χ4n) is 1.58. The fraction of sp³-hybridized carbons (Fsp3) is 0.0714. The summed E-state index contributed by atoms with van der Waals surface area (Å²) in [5.41, 5.74) is 0.692. The number of anilines is 1. The zero-order valence-corrected chi connectivity index (χ0v) is 13.1. The molecule has 2 aromatic carbocycles. The molecule has 0 saturated carbocycles. The third kappa shape index (κ3) is 4.64. The van der Waals surface area contributed by atoms with Crippen molar-refractivity contribution in [1.82, 2.24) is 0 Å². The first kappa shape index (κ1) is 16.6. The second-order valence-electron chi connectivity index (χ2n) is 4.16. The minimum atomic E-state index is -4.75. The summed E-state index contributed by atoms with van der Waals surface area (Å²) in [6.07, 6.45) is -4.75. The van der Waals surface area contributed by atoms with E-state index in [1.54, 1.807) is 12.1 Å². The minimum Gasteiger partial charge on any atom is -0.406 e. The zero-order valence-electron chi connectivity index (χ0n) is 10.7. The smallest absolute Gasteiger partial charge is 0.406 e. The topological polar surface area (TPSA) is 38.3 Å². The molecular weight excluding hydrogens is 387 g/mol. The molecule has 0 heterocycles. The number of amides is 1. The van der Waals surface area contributed by atoms with Crippen LogP contribution in [0.25, 0.3) is 0 Å². The van der Waals surface area contributed by atoms with Crippen LogP contribution in [-0.4, -0.2) is 12.3 Å². The van der Waals surface area contributed by atoms with Crippen LogP contribution in [0.15, 0.2) is 46.9 Å². The van der Waals surface area contributed by atoms with E-state index in [9.17, 15) is 18.0 Å². The predicted molar refractivity (Wildman–Crippen MR) is 80.2 cm³/mol. The molecule has 2 aromatic rings. The van der Waals surface area contributed by atoms with Crippen LogP contribution in [0.4, 0.5) is 18.9 Å². The van der Waals surface area contributed by atoms with E-state index in [1.807, 2.05) is 0 Å². The Balaban J connectivity index is 2.07. The van der Waals surface area contributed by atoms with Gasteiger partial charge in [-0.25, -0.2) is 0 Å². The van der Waals surface area contributed by atoms with E-state index in [0.29, 0.717) is 20.7 Å². The van der Waals surface area contributed by atoms with Crippen molar-refractivity contribution < 1.29 is 22.7 Å². The Hall–Kier alpha value is -1.73. The van der Waals surface area contributed by atoms with Gasteiger partial charge < -0.3 is 10.1 Å². The van der Waals surface area contributed by atoms with Gasteiger partial charge in [0.25, 0.3) is 5.91 Å². The average Bonchev–Trinajstić information content (AvgIpc) is 2.42. The summed E-state index contributed by atoms with van der Waals surface area (Å²) in [5.74, 6) is -0.776. The van der Waals surface area contributed by atoms with Crippen molar-refractivity contribution >= 4 is 39.1 Å². The Kier molecular flexibility index (Phi) is 4.97. The van der Waals surface area contributed by atoms with E-state index in [2.05, 4.69) is 26.0 Å². The number of benzene rings is 2. The van der Waals surface area contributed by atoms with Gasteiger partial charge >= 0.3 is 6.36 Å². The van der Waals surface area contributed by atoms with E-state index < -0.39 is 12.3 Å². The molecule has 1 amide bonds. The van der Waals surface area contributed by atoms with E-state index in [1.165, 1.54) is 18.2 Å². The molecule has 0 unspecified atom stereocenters. The Bertz CT molecular complexity index is 689. The predicted octanol–water partition coefficient (Wildman–Crippen LogP) is 5.25. The van der Waals surface area contributed by atoms with Crippen molar-refractivity contribution in [3.63, 3.8) is 0 Å². The molecule has 0 fully saturated rings. The molecule has 0 radical (unpaired) electrons. The van der Waals surface area contributed by atoms with Crippen LogP contribution < -0.4 is 10.1 Å². The average molecular weight is 395 g/mol. The molecule has 0 atom stereocenters. The molecule has 2 rings (SSSR count). The first-order valence-corrected chi connectivity index (χ1v) is 7.04. The van der Waals surface area contributed by atoms with E-state index in [-0.39, 0.29) is 5.75 Å². The van der Waals surface area contributed by atoms with Crippen LogP contribution in [0, 0.1) is 0 Å². The van der Waals surface area contributed by atoms with Crippen molar-refractivity contribution in [1.29, 1.82) is 0 Å². The Labute approximate surface area is 137 Å². The monoisotopic (exact) mass is 393 g/mol. The Morgan fingerprint density at radius 2 is 1.77 bits per heavy atom. The summed E-state index contributed by atoms with van der Waals surface area (Å²) < 4.78 is 40.4. The van der Waals surface area contributed by atoms with Crippen LogP contribution in [0.3, 0.4) is 0 Å². The standard InChI is InChI=1S/C14H8BrClF3NO2/c15-11-7-8(1-6-12(11)16)13(21)20-9-2-4-10(5-3-9)22-14(17,18)19/h1-7H,(H,20,21). The van der Waals surface area contributed by atoms with Gasteiger partial charge in [-0.2, -0.15) is 0 Å². The van der Waals surface area contributed by atoms with Crippen molar-refractivity contribution in [2.45, 2.75) is 6.36 Å². The minimum absolute atomic E-state index is 0.339.